The number of thioether (sulfide) groups is 1. The van der Waals surface area contributed by atoms with E-state index in [1.165, 1.54) is 12.8 Å². The third kappa shape index (κ3) is 4.64. The summed E-state index contributed by atoms with van der Waals surface area (Å²) in [4.78, 5) is 2.87. The standard InChI is InChI=1S/C20H32N2O2S2/c1-20(2,3)17-7-9-19(10-8-17)26(23,24)22-13-6-14-25-16-18(22)15-21-11-4-5-12-21/h7-10,18H,4-6,11-16H2,1-3H3. The average molecular weight is 397 g/mol. The molecule has 0 bridgehead atoms. The summed E-state index contributed by atoms with van der Waals surface area (Å²) in [7, 11) is -3.45. The summed E-state index contributed by atoms with van der Waals surface area (Å²) in [5.41, 5.74) is 1.19. The molecule has 2 saturated heterocycles. The fourth-order valence-corrected chi connectivity index (χ4v) is 6.60. The third-order valence-corrected chi connectivity index (χ3v) is 8.54. The second-order valence-electron chi connectivity index (χ2n) is 8.48. The van der Waals surface area contributed by atoms with E-state index in [2.05, 4.69) is 25.7 Å². The van der Waals surface area contributed by atoms with Gasteiger partial charge in [-0.1, -0.05) is 32.9 Å². The van der Waals surface area contributed by atoms with Gasteiger partial charge in [0, 0.05) is 24.9 Å². The van der Waals surface area contributed by atoms with Crippen LogP contribution in [0.1, 0.15) is 45.6 Å². The molecule has 2 aliphatic heterocycles. The van der Waals surface area contributed by atoms with Crippen LogP contribution < -0.4 is 0 Å². The third-order valence-electron chi connectivity index (χ3n) is 5.38. The number of sulfonamides is 1. The van der Waals surface area contributed by atoms with Gasteiger partial charge in [0.25, 0.3) is 0 Å². The molecule has 146 valence electrons. The molecule has 0 aliphatic carbocycles. The lowest BCUT2D eigenvalue weighted by Gasteiger charge is -2.32. The van der Waals surface area contributed by atoms with Gasteiger partial charge in [-0.25, -0.2) is 8.42 Å². The molecule has 0 N–H and O–H groups in total. The summed E-state index contributed by atoms with van der Waals surface area (Å²) in [6, 6.07) is 7.60. The SMILES string of the molecule is CC(C)(C)c1ccc(S(=O)(=O)N2CCCSCC2CN2CCCC2)cc1. The van der Waals surface area contributed by atoms with Crippen molar-refractivity contribution in [1.29, 1.82) is 0 Å². The van der Waals surface area contributed by atoms with Crippen LogP contribution in [-0.4, -0.2) is 61.3 Å². The maximum Gasteiger partial charge on any atom is 0.243 e. The smallest absolute Gasteiger partial charge is 0.243 e. The highest BCUT2D eigenvalue weighted by Gasteiger charge is 2.34. The molecule has 2 fully saturated rings. The predicted molar refractivity (Wildman–Crippen MR) is 110 cm³/mol. The Hall–Kier alpha value is -0.560. The minimum absolute atomic E-state index is 0.0276. The zero-order valence-corrected chi connectivity index (χ0v) is 17.9. The van der Waals surface area contributed by atoms with Crippen molar-refractivity contribution in [2.24, 2.45) is 0 Å². The molecule has 2 aliphatic rings. The minimum Gasteiger partial charge on any atom is -0.302 e. The van der Waals surface area contributed by atoms with Gasteiger partial charge in [0.15, 0.2) is 0 Å². The lowest BCUT2D eigenvalue weighted by molar-refractivity contribution is 0.243. The van der Waals surface area contributed by atoms with E-state index < -0.39 is 10.0 Å². The number of hydrogen-bond acceptors (Lipinski definition) is 4. The van der Waals surface area contributed by atoms with Crippen molar-refractivity contribution in [3.05, 3.63) is 29.8 Å². The Bertz CT molecular complexity index is 690. The van der Waals surface area contributed by atoms with E-state index in [-0.39, 0.29) is 11.5 Å². The van der Waals surface area contributed by atoms with Crippen LogP contribution in [0.5, 0.6) is 0 Å². The largest absolute Gasteiger partial charge is 0.302 e. The summed E-state index contributed by atoms with van der Waals surface area (Å²) in [5.74, 6) is 1.95. The molecule has 0 aromatic heterocycles. The molecule has 6 heteroatoms. The maximum atomic E-state index is 13.4. The highest BCUT2D eigenvalue weighted by Crippen LogP contribution is 2.28. The summed E-state index contributed by atoms with van der Waals surface area (Å²) in [5, 5.41) is 0. The van der Waals surface area contributed by atoms with Crippen molar-refractivity contribution in [2.75, 3.05) is 37.7 Å². The van der Waals surface area contributed by atoms with Gasteiger partial charge in [0.05, 0.1) is 4.90 Å². The number of likely N-dealkylation sites (tertiary alicyclic amines) is 1. The van der Waals surface area contributed by atoms with Crippen molar-refractivity contribution in [2.45, 2.75) is 56.4 Å². The molecule has 0 saturated carbocycles. The monoisotopic (exact) mass is 396 g/mol. The summed E-state index contributed by atoms with van der Waals surface area (Å²) >= 11 is 1.90. The molecule has 3 rings (SSSR count). The first kappa shape index (κ1) is 20.2. The van der Waals surface area contributed by atoms with E-state index in [0.717, 1.165) is 43.1 Å². The Morgan fingerprint density at radius 3 is 2.31 bits per heavy atom. The lowest BCUT2D eigenvalue weighted by atomic mass is 9.87. The molecule has 1 unspecified atom stereocenters. The number of benzene rings is 1. The average Bonchev–Trinajstić information content (AvgIpc) is 2.98. The quantitative estimate of drug-likeness (QED) is 0.780. The first-order valence-electron chi connectivity index (χ1n) is 9.71. The van der Waals surface area contributed by atoms with Crippen molar-refractivity contribution >= 4 is 21.8 Å². The van der Waals surface area contributed by atoms with Gasteiger partial charge in [0.1, 0.15) is 0 Å². The molecular formula is C20H32N2O2S2. The van der Waals surface area contributed by atoms with Crippen LogP contribution >= 0.6 is 11.8 Å². The van der Waals surface area contributed by atoms with Crippen molar-refractivity contribution in [1.82, 2.24) is 9.21 Å². The Morgan fingerprint density at radius 1 is 1.04 bits per heavy atom. The Labute approximate surface area is 163 Å². The van der Waals surface area contributed by atoms with Crippen LogP contribution in [0.3, 0.4) is 0 Å². The summed E-state index contributed by atoms with van der Waals surface area (Å²) in [6.07, 6.45) is 3.40. The minimum atomic E-state index is -3.45. The van der Waals surface area contributed by atoms with Crippen LogP contribution in [0.2, 0.25) is 0 Å². The molecular weight excluding hydrogens is 364 g/mol. The van der Waals surface area contributed by atoms with Gasteiger partial charge in [0.2, 0.25) is 10.0 Å². The van der Waals surface area contributed by atoms with E-state index in [0.29, 0.717) is 11.4 Å². The highest BCUT2D eigenvalue weighted by molar-refractivity contribution is 7.99. The summed E-state index contributed by atoms with van der Waals surface area (Å²) in [6.45, 7) is 10.2. The topological polar surface area (TPSA) is 40.6 Å². The van der Waals surface area contributed by atoms with Crippen molar-refractivity contribution in [3.63, 3.8) is 0 Å². The van der Waals surface area contributed by atoms with Gasteiger partial charge < -0.3 is 4.90 Å². The maximum absolute atomic E-state index is 13.4. The van der Waals surface area contributed by atoms with Gasteiger partial charge in [-0.05, 0) is 61.2 Å². The first-order chi connectivity index (χ1) is 12.3. The zero-order chi connectivity index (χ0) is 18.8. The second-order valence-corrected chi connectivity index (χ2v) is 11.5. The van der Waals surface area contributed by atoms with E-state index >= 15 is 0 Å². The molecule has 4 nitrogen and oxygen atoms in total. The fourth-order valence-electron chi connectivity index (χ4n) is 3.79. The molecule has 0 spiro atoms. The normalized spacial score (nSPS) is 23.9. The Kier molecular flexibility index (Phi) is 6.37. The van der Waals surface area contributed by atoms with Crippen LogP contribution in [-0.2, 0) is 15.4 Å². The zero-order valence-electron chi connectivity index (χ0n) is 16.3. The Balaban J connectivity index is 1.84. The van der Waals surface area contributed by atoms with Gasteiger partial charge in [-0.15, -0.1) is 0 Å². The van der Waals surface area contributed by atoms with Gasteiger partial charge >= 0.3 is 0 Å². The molecule has 1 aromatic carbocycles. The van der Waals surface area contributed by atoms with E-state index in [1.54, 1.807) is 16.4 Å². The second kappa shape index (κ2) is 8.21. The molecule has 2 heterocycles. The molecule has 0 amide bonds. The van der Waals surface area contributed by atoms with Crippen LogP contribution in [0, 0.1) is 0 Å². The molecule has 1 aromatic rings. The molecule has 1 atom stereocenters. The van der Waals surface area contributed by atoms with Gasteiger partial charge in [-0.3, -0.25) is 0 Å². The number of nitrogens with zero attached hydrogens (tertiary/aromatic N) is 2. The van der Waals surface area contributed by atoms with E-state index in [1.807, 2.05) is 23.9 Å². The van der Waals surface area contributed by atoms with Crippen LogP contribution in [0.25, 0.3) is 0 Å². The van der Waals surface area contributed by atoms with Crippen molar-refractivity contribution < 1.29 is 8.42 Å². The first-order valence-corrected chi connectivity index (χ1v) is 12.3. The van der Waals surface area contributed by atoms with E-state index in [4.69, 9.17) is 0 Å². The highest BCUT2D eigenvalue weighted by atomic mass is 32.2. The van der Waals surface area contributed by atoms with Crippen LogP contribution in [0.4, 0.5) is 0 Å². The number of rotatable bonds is 4. The lowest BCUT2D eigenvalue weighted by Crippen LogP contribution is -2.47. The summed E-state index contributed by atoms with van der Waals surface area (Å²) < 4.78 is 28.6. The van der Waals surface area contributed by atoms with Crippen LogP contribution in [0.15, 0.2) is 29.2 Å². The van der Waals surface area contributed by atoms with Gasteiger partial charge in [-0.2, -0.15) is 16.1 Å². The molecule has 26 heavy (non-hydrogen) atoms. The predicted octanol–water partition coefficient (Wildman–Crippen LogP) is 3.58. The number of hydrogen-bond donors (Lipinski definition) is 0. The molecule has 0 radical (unpaired) electrons. The van der Waals surface area contributed by atoms with Crippen molar-refractivity contribution in [3.8, 4) is 0 Å². The fraction of sp³-hybridized carbons (Fsp3) is 0.700. The Morgan fingerprint density at radius 2 is 1.69 bits per heavy atom. The van der Waals surface area contributed by atoms with E-state index in [9.17, 15) is 8.42 Å².